The number of hydrogen-bond acceptors (Lipinski definition) is 5. The third-order valence-corrected chi connectivity index (χ3v) is 5.57. The Morgan fingerprint density at radius 3 is 2.67 bits per heavy atom. The minimum atomic E-state index is -0.0468. The Balaban J connectivity index is 1.27. The first-order valence-corrected chi connectivity index (χ1v) is 9.88. The Bertz CT molecular complexity index is 765. The van der Waals surface area contributed by atoms with Crippen molar-refractivity contribution >= 4 is 6.03 Å². The van der Waals surface area contributed by atoms with Gasteiger partial charge in [0.1, 0.15) is 0 Å². The van der Waals surface area contributed by atoms with Gasteiger partial charge in [-0.05, 0) is 30.4 Å². The van der Waals surface area contributed by atoms with Crippen LogP contribution < -0.4 is 5.32 Å². The highest BCUT2D eigenvalue weighted by molar-refractivity contribution is 5.74. The van der Waals surface area contributed by atoms with Gasteiger partial charge in [-0.3, -0.25) is 4.90 Å². The van der Waals surface area contributed by atoms with Gasteiger partial charge in [0, 0.05) is 38.6 Å². The summed E-state index contributed by atoms with van der Waals surface area (Å²) in [4.78, 5) is 21.2. The molecule has 2 heterocycles. The van der Waals surface area contributed by atoms with Crippen LogP contribution in [0, 0.1) is 0 Å². The maximum Gasteiger partial charge on any atom is 0.317 e. The van der Waals surface area contributed by atoms with Crippen molar-refractivity contribution in [2.75, 3.05) is 26.2 Å². The first-order valence-electron chi connectivity index (χ1n) is 9.88. The zero-order valence-corrected chi connectivity index (χ0v) is 15.9. The van der Waals surface area contributed by atoms with Gasteiger partial charge >= 0.3 is 6.03 Å². The van der Waals surface area contributed by atoms with Crippen molar-refractivity contribution < 1.29 is 9.32 Å². The lowest BCUT2D eigenvalue weighted by Gasteiger charge is -2.27. The van der Waals surface area contributed by atoms with Gasteiger partial charge in [-0.25, -0.2) is 4.79 Å². The molecule has 1 fully saturated rings. The molecule has 0 atom stereocenters. The molecular weight excluding hydrogens is 342 g/mol. The normalized spacial score (nSPS) is 18.3. The van der Waals surface area contributed by atoms with Gasteiger partial charge in [0.15, 0.2) is 5.82 Å². The first kappa shape index (κ1) is 18.0. The van der Waals surface area contributed by atoms with Crippen molar-refractivity contribution in [3.05, 3.63) is 47.1 Å². The van der Waals surface area contributed by atoms with E-state index >= 15 is 0 Å². The number of nitrogens with one attached hydrogen (secondary N) is 1. The van der Waals surface area contributed by atoms with Gasteiger partial charge in [-0.1, -0.05) is 36.3 Å². The summed E-state index contributed by atoms with van der Waals surface area (Å²) in [6, 6.07) is 9.27. The smallest absolute Gasteiger partial charge is 0.317 e. The predicted molar refractivity (Wildman–Crippen MR) is 101 cm³/mol. The number of fused-ring (bicyclic) bond motifs is 1. The second-order valence-corrected chi connectivity index (χ2v) is 7.32. The summed E-state index contributed by atoms with van der Waals surface area (Å²) >= 11 is 0. The van der Waals surface area contributed by atoms with Crippen LogP contribution in [0.4, 0.5) is 4.79 Å². The monoisotopic (exact) mass is 369 g/mol. The Labute approximate surface area is 159 Å². The van der Waals surface area contributed by atoms with E-state index in [-0.39, 0.29) is 6.03 Å². The van der Waals surface area contributed by atoms with E-state index in [1.807, 2.05) is 11.8 Å². The van der Waals surface area contributed by atoms with E-state index in [1.54, 1.807) is 0 Å². The molecule has 1 saturated heterocycles. The summed E-state index contributed by atoms with van der Waals surface area (Å²) in [5.74, 6) is 1.13. The number of rotatable bonds is 4. The van der Waals surface area contributed by atoms with Crippen LogP contribution in [0.1, 0.15) is 36.2 Å². The van der Waals surface area contributed by atoms with Gasteiger partial charge in [0.2, 0.25) is 5.89 Å². The number of hydrogen-bond donors (Lipinski definition) is 1. The summed E-state index contributed by atoms with van der Waals surface area (Å²) in [5.41, 5.74) is 2.96. The van der Waals surface area contributed by atoms with Crippen molar-refractivity contribution in [3.63, 3.8) is 0 Å². The molecule has 0 unspecified atom stereocenters. The highest BCUT2D eigenvalue weighted by Crippen LogP contribution is 2.26. The molecule has 0 bridgehead atoms. The zero-order valence-electron chi connectivity index (χ0n) is 15.9. The summed E-state index contributed by atoms with van der Waals surface area (Å²) in [6.07, 6.45) is 3.95. The van der Waals surface area contributed by atoms with E-state index in [0.29, 0.717) is 30.7 Å². The van der Waals surface area contributed by atoms with Crippen LogP contribution in [0.25, 0.3) is 0 Å². The minimum Gasteiger partial charge on any atom is -0.339 e. The summed E-state index contributed by atoms with van der Waals surface area (Å²) in [7, 11) is 0. The lowest BCUT2D eigenvalue weighted by molar-refractivity contribution is 0.188. The number of benzene rings is 1. The van der Waals surface area contributed by atoms with Crippen LogP contribution in [-0.2, 0) is 25.8 Å². The lowest BCUT2D eigenvalue weighted by atomic mass is 10.1. The average molecular weight is 369 g/mol. The standard InChI is InChI=1S/C20H27N5O2/c1-2-19-22-18(23-27-19)14-21-20(26)25-9-5-8-24(10-11-25)17-12-15-6-3-4-7-16(15)13-17/h3-4,6-7,17H,2,5,8-14H2,1H3,(H,21,26). The fraction of sp³-hybridized carbons (Fsp3) is 0.550. The molecule has 2 amide bonds. The fourth-order valence-corrected chi connectivity index (χ4v) is 4.07. The maximum absolute atomic E-state index is 12.5. The molecule has 4 rings (SSSR count). The predicted octanol–water partition coefficient (Wildman–Crippen LogP) is 2.02. The van der Waals surface area contributed by atoms with Gasteiger partial charge in [0.25, 0.3) is 0 Å². The number of nitrogens with zero attached hydrogens (tertiary/aromatic N) is 4. The molecular formula is C20H27N5O2. The quantitative estimate of drug-likeness (QED) is 0.892. The Hall–Kier alpha value is -2.41. The van der Waals surface area contributed by atoms with Crippen molar-refractivity contribution in [2.45, 2.75) is 45.2 Å². The highest BCUT2D eigenvalue weighted by Gasteiger charge is 2.28. The number of carbonyl (C=O) groups excluding carboxylic acids is 1. The Kier molecular flexibility index (Phi) is 5.38. The van der Waals surface area contributed by atoms with Crippen molar-refractivity contribution in [2.24, 2.45) is 0 Å². The average Bonchev–Trinajstić information content (AvgIpc) is 3.26. The van der Waals surface area contributed by atoms with Crippen LogP contribution in [-0.4, -0.2) is 58.2 Å². The zero-order chi connectivity index (χ0) is 18.6. The summed E-state index contributed by atoms with van der Waals surface area (Å²) in [5, 5.41) is 6.79. The topological polar surface area (TPSA) is 74.5 Å². The molecule has 1 aliphatic carbocycles. The number of urea groups is 1. The van der Waals surface area contributed by atoms with Crippen LogP contribution in [0.3, 0.4) is 0 Å². The van der Waals surface area contributed by atoms with Crippen molar-refractivity contribution in [1.82, 2.24) is 25.3 Å². The third-order valence-electron chi connectivity index (χ3n) is 5.57. The molecule has 7 heteroatoms. The second kappa shape index (κ2) is 8.08. The van der Waals surface area contributed by atoms with Gasteiger partial charge in [-0.2, -0.15) is 4.98 Å². The maximum atomic E-state index is 12.5. The Morgan fingerprint density at radius 1 is 1.19 bits per heavy atom. The van der Waals surface area contributed by atoms with Crippen LogP contribution >= 0.6 is 0 Å². The van der Waals surface area contributed by atoms with E-state index < -0.39 is 0 Å². The van der Waals surface area contributed by atoms with Gasteiger partial charge in [-0.15, -0.1) is 0 Å². The van der Waals surface area contributed by atoms with Gasteiger partial charge in [0.05, 0.1) is 6.54 Å². The third kappa shape index (κ3) is 4.13. The van der Waals surface area contributed by atoms with Crippen LogP contribution in [0.15, 0.2) is 28.8 Å². The molecule has 2 aromatic rings. The molecule has 7 nitrogen and oxygen atoms in total. The summed E-state index contributed by atoms with van der Waals surface area (Å²) in [6.45, 7) is 5.78. The SMILES string of the molecule is CCc1nc(CNC(=O)N2CCCN(C3Cc4ccccc4C3)CC2)no1. The molecule has 0 radical (unpaired) electrons. The molecule has 0 saturated carbocycles. The second-order valence-electron chi connectivity index (χ2n) is 7.32. The number of amides is 2. The van der Waals surface area contributed by atoms with Crippen molar-refractivity contribution in [1.29, 1.82) is 0 Å². The first-order chi connectivity index (χ1) is 13.2. The van der Waals surface area contributed by atoms with E-state index in [9.17, 15) is 4.79 Å². The fourth-order valence-electron chi connectivity index (χ4n) is 4.07. The van der Waals surface area contributed by atoms with E-state index in [4.69, 9.17) is 4.52 Å². The molecule has 0 spiro atoms. The molecule has 27 heavy (non-hydrogen) atoms. The molecule has 1 N–H and O–H groups in total. The van der Waals surface area contributed by atoms with Crippen LogP contribution in [0.2, 0.25) is 0 Å². The number of carbonyl (C=O) groups is 1. The Morgan fingerprint density at radius 2 is 1.96 bits per heavy atom. The molecule has 1 aromatic carbocycles. The summed E-state index contributed by atoms with van der Waals surface area (Å²) < 4.78 is 5.08. The molecule has 1 aliphatic heterocycles. The highest BCUT2D eigenvalue weighted by atomic mass is 16.5. The molecule has 1 aromatic heterocycles. The molecule has 2 aliphatic rings. The number of aryl methyl sites for hydroxylation is 1. The minimum absolute atomic E-state index is 0.0468. The molecule has 144 valence electrons. The van der Waals surface area contributed by atoms with Crippen LogP contribution in [0.5, 0.6) is 0 Å². The van der Waals surface area contributed by atoms with E-state index in [2.05, 4.69) is 44.6 Å². The van der Waals surface area contributed by atoms with Crippen molar-refractivity contribution in [3.8, 4) is 0 Å². The largest absolute Gasteiger partial charge is 0.339 e. The number of aromatic nitrogens is 2. The van der Waals surface area contributed by atoms with Gasteiger partial charge < -0.3 is 14.7 Å². The van der Waals surface area contributed by atoms with E-state index in [0.717, 1.165) is 45.4 Å². The lowest BCUT2D eigenvalue weighted by Crippen LogP contribution is -2.43. The van der Waals surface area contributed by atoms with E-state index in [1.165, 1.54) is 11.1 Å².